The van der Waals surface area contributed by atoms with Crippen LogP contribution in [-0.4, -0.2) is 11.1 Å². The van der Waals surface area contributed by atoms with Crippen molar-refractivity contribution in [2.24, 2.45) is 0 Å². The van der Waals surface area contributed by atoms with E-state index in [1.165, 1.54) is 57.8 Å². The molecule has 0 heterocycles. The Morgan fingerprint density at radius 2 is 1.31 bits per heavy atom. The minimum Gasteiger partial charge on any atom is -0.481 e. The Hall–Kier alpha value is -0.530. The molecule has 1 saturated carbocycles. The van der Waals surface area contributed by atoms with Crippen LogP contribution in [0.5, 0.6) is 0 Å². The van der Waals surface area contributed by atoms with E-state index in [0.29, 0.717) is 6.42 Å². The number of hydrogen-bond donors (Lipinski definition) is 1. The summed E-state index contributed by atoms with van der Waals surface area (Å²) in [5, 5.41) is 8.35. The molecule has 1 rings (SSSR count). The highest BCUT2D eigenvalue weighted by Gasteiger charge is 1.96. The molecule has 16 heavy (non-hydrogen) atoms. The molecule has 0 saturated heterocycles. The van der Waals surface area contributed by atoms with Crippen LogP contribution in [0.3, 0.4) is 0 Å². The molecule has 0 aliphatic heterocycles. The van der Waals surface area contributed by atoms with E-state index in [4.69, 9.17) is 5.11 Å². The summed E-state index contributed by atoms with van der Waals surface area (Å²) < 4.78 is 0. The molecule has 0 aromatic carbocycles. The van der Waals surface area contributed by atoms with Crippen molar-refractivity contribution in [3.63, 3.8) is 0 Å². The van der Waals surface area contributed by atoms with Crippen LogP contribution in [0.25, 0.3) is 0 Å². The van der Waals surface area contributed by atoms with E-state index in [0.717, 1.165) is 12.8 Å². The second-order valence-electron chi connectivity index (χ2n) is 4.68. The van der Waals surface area contributed by atoms with Crippen molar-refractivity contribution in [1.29, 1.82) is 0 Å². The molecule has 0 spiro atoms. The number of carbonyl (C=O) groups is 1. The van der Waals surface area contributed by atoms with Crippen LogP contribution in [-0.2, 0) is 4.79 Å². The third-order valence-corrected chi connectivity index (χ3v) is 2.99. The van der Waals surface area contributed by atoms with Gasteiger partial charge in [0.25, 0.3) is 0 Å². The van der Waals surface area contributed by atoms with Crippen molar-refractivity contribution in [1.82, 2.24) is 0 Å². The molecule has 96 valence electrons. The van der Waals surface area contributed by atoms with E-state index in [1.54, 1.807) is 0 Å². The second-order valence-corrected chi connectivity index (χ2v) is 4.68. The van der Waals surface area contributed by atoms with Gasteiger partial charge < -0.3 is 5.11 Å². The maximum Gasteiger partial charge on any atom is 0.303 e. The van der Waals surface area contributed by atoms with Crippen LogP contribution in [0.4, 0.5) is 0 Å². The van der Waals surface area contributed by atoms with Gasteiger partial charge in [-0.2, -0.15) is 0 Å². The summed E-state index contributed by atoms with van der Waals surface area (Å²) in [6.07, 6.45) is 14.6. The van der Waals surface area contributed by atoms with Gasteiger partial charge in [0.05, 0.1) is 0 Å². The van der Waals surface area contributed by atoms with Crippen LogP contribution in [0, 0.1) is 0 Å². The average Bonchev–Trinajstić information content (AvgIpc) is 2.13. The summed E-state index contributed by atoms with van der Waals surface area (Å²) in [6.45, 7) is 2.20. The van der Waals surface area contributed by atoms with E-state index in [2.05, 4.69) is 6.92 Å². The van der Waals surface area contributed by atoms with Gasteiger partial charge in [0.2, 0.25) is 0 Å². The summed E-state index contributed by atoms with van der Waals surface area (Å²) in [4.78, 5) is 10.1. The molecule has 0 atom stereocenters. The zero-order valence-electron chi connectivity index (χ0n) is 10.8. The van der Waals surface area contributed by atoms with Gasteiger partial charge in [-0.25, -0.2) is 0 Å². The van der Waals surface area contributed by atoms with E-state index < -0.39 is 5.97 Å². The lowest BCUT2D eigenvalue weighted by molar-refractivity contribution is -0.137. The molecular weight excluding hydrogens is 200 g/mol. The smallest absolute Gasteiger partial charge is 0.303 e. The molecule has 1 N–H and O–H groups in total. The molecule has 0 aromatic heterocycles. The fourth-order valence-electron chi connectivity index (χ4n) is 1.48. The summed E-state index contributed by atoms with van der Waals surface area (Å²) in [5.74, 6) is -0.663. The molecule has 1 fully saturated rings. The van der Waals surface area contributed by atoms with E-state index in [1.807, 2.05) is 0 Å². The SMILES string of the molecule is C1CCC1.CCCCCCCCCC(=O)O. The summed E-state index contributed by atoms with van der Waals surface area (Å²) in [5.41, 5.74) is 0. The minimum atomic E-state index is -0.663. The molecule has 0 bridgehead atoms. The van der Waals surface area contributed by atoms with Gasteiger partial charge in [-0.05, 0) is 6.42 Å². The average molecular weight is 228 g/mol. The molecule has 1 aliphatic carbocycles. The third-order valence-electron chi connectivity index (χ3n) is 2.99. The van der Waals surface area contributed by atoms with Crippen LogP contribution >= 0.6 is 0 Å². The summed E-state index contributed by atoms with van der Waals surface area (Å²) in [6, 6.07) is 0. The van der Waals surface area contributed by atoms with Crippen molar-refractivity contribution in [2.45, 2.75) is 84.0 Å². The lowest BCUT2D eigenvalue weighted by Crippen LogP contribution is -1.93. The number of rotatable bonds is 8. The minimum absolute atomic E-state index is 0.341. The first-order chi connectivity index (χ1) is 7.77. The maximum absolute atomic E-state index is 10.1. The quantitative estimate of drug-likeness (QED) is 0.607. The first-order valence-electron chi connectivity index (χ1n) is 6.99. The normalized spacial score (nSPS) is 13.6. The Kier molecular flexibility index (Phi) is 12.1. The Balaban J connectivity index is 0.000000462. The highest BCUT2D eigenvalue weighted by atomic mass is 16.4. The zero-order chi connectivity index (χ0) is 12.1. The molecule has 0 unspecified atom stereocenters. The standard InChI is InChI=1S/C10H20O2.C4H8/c1-2-3-4-5-6-7-8-9-10(11)12;1-2-4-3-1/h2-9H2,1H3,(H,11,12);1-4H2. The number of carboxylic acid groups (broad SMARTS) is 1. The summed E-state index contributed by atoms with van der Waals surface area (Å²) >= 11 is 0. The largest absolute Gasteiger partial charge is 0.481 e. The fourth-order valence-corrected chi connectivity index (χ4v) is 1.48. The van der Waals surface area contributed by atoms with Crippen molar-refractivity contribution in [2.75, 3.05) is 0 Å². The van der Waals surface area contributed by atoms with Crippen LogP contribution in [0.15, 0.2) is 0 Å². The zero-order valence-corrected chi connectivity index (χ0v) is 10.8. The first-order valence-corrected chi connectivity index (χ1v) is 6.99. The Morgan fingerprint density at radius 3 is 1.69 bits per heavy atom. The van der Waals surface area contributed by atoms with Gasteiger partial charge in [-0.15, -0.1) is 0 Å². The lowest BCUT2D eigenvalue weighted by Gasteiger charge is -2.05. The molecule has 0 amide bonds. The lowest BCUT2D eigenvalue weighted by atomic mass is 10.0. The molecule has 1 aliphatic rings. The van der Waals surface area contributed by atoms with Gasteiger partial charge in [0.1, 0.15) is 0 Å². The van der Waals surface area contributed by atoms with Crippen LogP contribution < -0.4 is 0 Å². The third kappa shape index (κ3) is 13.5. The van der Waals surface area contributed by atoms with Crippen molar-refractivity contribution in [3.8, 4) is 0 Å². The van der Waals surface area contributed by atoms with Gasteiger partial charge in [-0.3, -0.25) is 4.79 Å². The van der Waals surface area contributed by atoms with E-state index >= 15 is 0 Å². The highest BCUT2D eigenvalue weighted by molar-refractivity contribution is 5.66. The van der Waals surface area contributed by atoms with Crippen LogP contribution in [0.1, 0.15) is 84.0 Å². The van der Waals surface area contributed by atoms with Crippen molar-refractivity contribution in [3.05, 3.63) is 0 Å². The number of carboxylic acids is 1. The predicted octanol–water partition coefficient (Wildman–Crippen LogP) is 4.77. The number of aliphatic carboxylic acids is 1. The fraction of sp³-hybridized carbons (Fsp3) is 0.929. The topological polar surface area (TPSA) is 37.3 Å². The Labute approximate surface area is 100 Å². The Bertz CT molecular complexity index is 147. The number of hydrogen-bond acceptors (Lipinski definition) is 1. The molecule has 0 radical (unpaired) electrons. The predicted molar refractivity (Wildman–Crippen MR) is 68.7 cm³/mol. The van der Waals surface area contributed by atoms with Crippen molar-refractivity contribution >= 4 is 5.97 Å². The number of unbranched alkanes of at least 4 members (excludes halogenated alkanes) is 6. The maximum atomic E-state index is 10.1. The van der Waals surface area contributed by atoms with Gasteiger partial charge in [0.15, 0.2) is 0 Å². The summed E-state index contributed by atoms with van der Waals surface area (Å²) in [7, 11) is 0. The molecule has 2 heteroatoms. The second kappa shape index (κ2) is 12.5. The first kappa shape index (κ1) is 15.5. The Morgan fingerprint density at radius 1 is 0.875 bits per heavy atom. The highest BCUT2D eigenvalue weighted by Crippen LogP contribution is 2.15. The molecule has 0 aromatic rings. The van der Waals surface area contributed by atoms with Crippen molar-refractivity contribution < 1.29 is 9.90 Å². The monoisotopic (exact) mass is 228 g/mol. The van der Waals surface area contributed by atoms with Gasteiger partial charge >= 0.3 is 5.97 Å². The molecular formula is C14H28O2. The molecule has 2 nitrogen and oxygen atoms in total. The van der Waals surface area contributed by atoms with E-state index in [9.17, 15) is 4.79 Å². The van der Waals surface area contributed by atoms with Gasteiger partial charge in [-0.1, -0.05) is 71.1 Å². The van der Waals surface area contributed by atoms with Crippen LogP contribution in [0.2, 0.25) is 0 Å². The van der Waals surface area contributed by atoms with Gasteiger partial charge in [0, 0.05) is 6.42 Å². The van der Waals surface area contributed by atoms with E-state index in [-0.39, 0.29) is 0 Å².